The van der Waals surface area contributed by atoms with E-state index in [0.29, 0.717) is 0 Å². The van der Waals surface area contributed by atoms with Crippen LogP contribution in [-0.2, 0) is 19.6 Å². The van der Waals surface area contributed by atoms with Crippen molar-refractivity contribution in [2.24, 2.45) is 0 Å². The molecule has 106 valence electrons. The highest BCUT2D eigenvalue weighted by atomic mass is 79.9. The minimum Gasteiger partial charge on any atom is -0.309 e. The van der Waals surface area contributed by atoms with Crippen LogP contribution in [0.25, 0.3) is 0 Å². The molecule has 0 aliphatic carbocycles. The normalized spacial score (nSPS) is 11.0. The van der Waals surface area contributed by atoms with Crippen LogP contribution in [0.1, 0.15) is 16.7 Å². The monoisotopic (exact) mass is 333 g/mol. The second-order valence-corrected chi connectivity index (χ2v) is 6.04. The zero-order valence-electron chi connectivity index (χ0n) is 11.9. The fourth-order valence-electron chi connectivity index (χ4n) is 2.12. The summed E-state index contributed by atoms with van der Waals surface area (Å²) in [6.07, 6.45) is 3.69. The summed E-state index contributed by atoms with van der Waals surface area (Å²) >= 11 is 3.44. The molecule has 0 bridgehead atoms. The van der Waals surface area contributed by atoms with Gasteiger partial charge in [0.2, 0.25) is 0 Å². The van der Waals surface area contributed by atoms with Crippen molar-refractivity contribution < 1.29 is 0 Å². The standard InChI is InChI=1S/C16H20BrN3/c1-20(2)12-15-6-4-3-5-14(15)10-18-8-13-7-16(17)11-19-9-13/h3-7,9,11,18H,8,10,12H2,1-2H3. The molecule has 0 aliphatic rings. The maximum absolute atomic E-state index is 4.17. The van der Waals surface area contributed by atoms with E-state index in [1.165, 1.54) is 16.7 Å². The first-order valence-corrected chi connectivity index (χ1v) is 7.46. The zero-order chi connectivity index (χ0) is 14.4. The van der Waals surface area contributed by atoms with Gasteiger partial charge in [-0.15, -0.1) is 0 Å². The third-order valence-electron chi connectivity index (χ3n) is 3.01. The average Bonchev–Trinajstić information content (AvgIpc) is 2.40. The van der Waals surface area contributed by atoms with Gasteiger partial charge in [0.25, 0.3) is 0 Å². The predicted octanol–water partition coefficient (Wildman–Crippen LogP) is 3.20. The summed E-state index contributed by atoms with van der Waals surface area (Å²) in [6, 6.07) is 10.7. The van der Waals surface area contributed by atoms with Gasteiger partial charge in [-0.3, -0.25) is 4.98 Å². The maximum atomic E-state index is 4.17. The van der Waals surface area contributed by atoms with Crippen LogP contribution in [0.4, 0.5) is 0 Å². The smallest absolute Gasteiger partial charge is 0.0410 e. The van der Waals surface area contributed by atoms with Crippen LogP contribution in [0.5, 0.6) is 0 Å². The Balaban J connectivity index is 1.94. The summed E-state index contributed by atoms with van der Waals surface area (Å²) in [5, 5.41) is 3.48. The average molecular weight is 334 g/mol. The summed E-state index contributed by atoms with van der Waals surface area (Å²) < 4.78 is 1.02. The topological polar surface area (TPSA) is 28.2 Å². The highest BCUT2D eigenvalue weighted by molar-refractivity contribution is 9.10. The van der Waals surface area contributed by atoms with Gasteiger partial charge >= 0.3 is 0 Å². The minimum absolute atomic E-state index is 0.822. The highest BCUT2D eigenvalue weighted by Crippen LogP contribution is 2.12. The van der Waals surface area contributed by atoms with Crippen molar-refractivity contribution in [2.45, 2.75) is 19.6 Å². The fraction of sp³-hybridized carbons (Fsp3) is 0.312. The van der Waals surface area contributed by atoms with Crippen molar-refractivity contribution in [3.8, 4) is 0 Å². The minimum atomic E-state index is 0.822. The van der Waals surface area contributed by atoms with Crippen LogP contribution in [0.15, 0.2) is 47.2 Å². The SMILES string of the molecule is CN(C)Cc1ccccc1CNCc1cncc(Br)c1. The van der Waals surface area contributed by atoms with Crippen molar-refractivity contribution in [1.82, 2.24) is 15.2 Å². The van der Waals surface area contributed by atoms with Gasteiger partial charge in [0.15, 0.2) is 0 Å². The molecule has 0 saturated carbocycles. The Kier molecular flexibility index (Phi) is 5.71. The third-order valence-corrected chi connectivity index (χ3v) is 3.44. The molecule has 2 aromatic rings. The maximum Gasteiger partial charge on any atom is 0.0410 e. The molecule has 3 nitrogen and oxygen atoms in total. The molecule has 2 rings (SSSR count). The van der Waals surface area contributed by atoms with E-state index in [0.717, 1.165) is 24.1 Å². The summed E-state index contributed by atoms with van der Waals surface area (Å²) in [5.74, 6) is 0. The molecule has 0 saturated heterocycles. The van der Waals surface area contributed by atoms with Crippen molar-refractivity contribution in [2.75, 3.05) is 14.1 Å². The Morgan fingerprint density at radius 2 is 1.85 bits per heavy atom. The molecular weight excluding hydrogens is 314 g/mol. The van der Waals surface area contributed by atoms with Gasteiger partial charge in [0.05, 0.1) is 0 Å². The van der Waals surface area contributed by atoms with E-state index in [-0.39, 0.29) is 0 Å². The number of pyridine rings is 1. The van der Waals surface area contributed by atoms with Crippen molar-refractivity contribution in [3.05, 3.63) is 63.9 Å². The molecule has 1 aromatic heterocycles. The Morgan fingerprint density at radius 3 is 2.55 bits per heavy atom. The zero-order valence-corrected chi connectivity index (χ0v) is 13.5. The van der Waals surface area contributed by atoms with Gasteiger partial charge in [-0.25, -0.2) is 0 Å². The van der Waals surface area contributed by atoms with Crippen LogP contribution >= 0.6 is 15.9 Å². The molecule has 0 radical (unpaired) electrons. The van der Waals surface area contributed by atoms with Crippen molar-refractivity contribution in [1.29, 1.82) is 0 Å². The van der Waals surface area contributed by atoms with Gasteiger partial charge < -0.3 is 10.2 Å². The molecule has 1 aromatic carbocycles. The third kappa shape index (κ3) is 4.71. The molecule has 4 heteroatoms. The highest BCUT2D eigenvalue weighted by Gasteiger charge is 2.03. The lowest BCUT2D eigenvalue weighted by atomic mass is 10.1. The molecule has 1 N–H and O–H groups in total. The summed E-state index contributed by atoms with van der Waals surface area (Å²) in [5.41, 5.74) is 3.91. The van der Waals surface area contributed by atoms with Crippen molar-refractivity contribution in [3.63, 3.8) is 0 Å². The van der Waals surface area contributed by atoms with Crippen LogP contribution < -0.4 is 5.32 Å². The van der Waals surface area contributed by atoms with Crippen LogP contribution in [0.2, 0.25) is 0 Å². The number of benzene rings is 1. The van der Waals surface area contributed by atoms with Crippen LogP contribution in [0, 0.1) is 0 Å². The van der Waals surface area contributed by atoms with E-state index < -0.39 is 0 Å². The Hall–Kier alpha value is -1.23. The number of nitrogens with zero attached hydrogens (tertiary/aromatic N) is 2. The molecule has 0 atom stereocenters. The van der Waals surface area contributed by atoms with E-state index in [1.807, 2.05) is 6.20 Å². The second kappa shape index (κ2) is 7.53. The summed E-state index contributed by atoms with van der Waals surface area (Å²) in [6.45, 7) is 2.66. The van der Waals surface area contributed by atoms with Gasteiger partial charge in [-0.05, 0) is 52.8 Å². The molecule has 1 heterocycles. The number of halogens is 1. The first kappa shape index (κ1) is 15.2. The number of hydrogen-bond donors (Lipinski definition) is 1. The lowest BCUT2D eigenvalue weighted by Gasteiger charge is -2.14. The van der Waals surface area contributed by atoms with E-state index in [4.69, 9.17) is 0 Å². The molecule has 0 spiro atoms. The second-order valence-electron chi connectivity index (χ2n) is 5.12. The fourth-order valence-corrected chi connectivity index (χ4v) is 2.53. The lowest BCUT2D eigenvalue weighted by molar-refractivity contribution is 0.400. The molecule has 0 fully saturated rings. The van der Waals surface area contributed by atoms with E-state index in [1.54, 1.807) is 6.20 Å². The number of nitrogens with one attached hydrogen (secondary N) is 1. The molecule has 0 amide bonds. The first-order chi connectivity index (χ1) is 9.65. The van der Waals surface area contributed by atoms with Gasteiger partial charge in [0, 0.05) is 36.5 Å². The Bertz CT molecular complexity index is 555. The summed E-state index contributed by atoms with van der Waals surface area (Å²) in [4.78, 5) is 6.36. The predicted molar refractivity (Wildman–Crippen MR) is 86.3 cm³/mol. The number of hydrogen-bond acceptors (Lipinski definition) is 3. The largest absolute Gasteiger partial charge is 0.309 e. The number of rotatable bonds is 6. The molecular formula is C16H20BrN3. The van der Waals surface area contributed by atoms with E-state index in [9.17, 15) is 0 Å². The molecule has 0 unspecified atom stereocenters. The first-order valence-electron chi connectivity index (χ1n) is 6.67. The van der Waals surface area contributed by atoms with Gasteiger partial charge in [-0.1, -0.05) is 24.3 Å². The van der Waals surface area contributed by atoms with Crippen LogP contribution in [0.3, 0.4) is 0 Å². The van der Waals surface area contributed by atoms with Gasteiger partial charge in [0.1, 0.15) is 0 Å². The number of aromatic nitrogens is 1. The molecule has 20 heavy (non-hydrogen) atoms. The Morgan fingerprint density at radius 1 is 1.10 bits per heavy atom. The van der Waals surface area contributed by atoms with Crippen LogP contribution in [-0.4, -0.2) is 24.0 Å². The van der Waals surface area contributed by atoms with Crippen molar-refractivity contribution >= 4 is 15.9 Å². The molecule has 0 aliphatic heterocycles. The quantitative estimate of drug-likeness (QED) is 0.879. The lowest BCUT2D eigenvalue weighted by Crippen LogP contribution is -2.17. The Labute approximate surface area is 129 Å². The van der Waals surface area contributed by atoms with Gasteiger partial charge in [-0.2, -0.15) is 0 Å². The summed E-state index contributed by atoms with van der Waals surface area (Å²) in [7, 11) is 4.19. The van der Waals surface area contributed by atoms with E-state index >= 15 is 0 Å². The van der Waals surface area contributed by atoms with E-state index in [2.05, 4.69) is 75.6 Å².